The Kier molecular flexibility index (Phi) is 7.33. The maximum absolute atomic E-state index is 13.4. The number of hydrogen-bond donors (Lipinski definition) is 2. The Labute approximate surface area is 229 Å². The number of aliphatic hydroxyl groups excluding tert-OH is 1. The van der Waals surface area contributed by atoms with Gasteiger partial charge in [-0.1, -0.05) is 78.3 Å². The fourth-order valence-corrected chi connectivity index (χ4v) is 4.54. The number of anilines is 1. The number of alkyl halides is 1. The van der Waals surface area contributed by atoms with Crippen molar-refractivity contribution in [2.24, 2.45) is 0 Å². The summed E-state index contributed by atoms with van der Waals surface area (Å²) in [4.78, 5) is 27.3. The van der Waals surface area contributed by atoms with Gasteiger partial charge in [-0.3, -0.25) is 19.8 Å². The number of carbonyl (C=O) groups is 2. The molecule has 6 nitrogen and oxygen atoms in total. The highest BCUT2D eigenvalue weighted by Gasteiger charge is 2.34. The topological polar surface area (TPSA) is 78.9 Å². The van der Waals surface area contributed by atoms with Crippen LogP contribution in [0.5, 0.6) is 11.5 Å². The van der Waals surface area contributed by atoms with Crippen molar-refractivity contribution in [2.45, 2.75) is 5.56 Å². The first-order valence-corrected chi connectivity index (χ1v) is 12.5. The van der Waals surface area contributed by atoms with E-state index in [0.29, 0.717) is 28.3 Å². The van der Waals surface area contributed by atoms with Gasteiger partial charge in [0.15, 0.2) is 10.7 Å². The largest absolute Gasteiger partial charge is 0.457 e. The predicted octanol–water partition coefficient (Wildman–Crippen LogP) is 6.21. The third kappa shape index (κ3) is 5.35. The van der Waals surface area contributed by atoms with Crippen molar-refractivity contribution in [3.63, 3.8) is 0 Å². The van der Waals surface area contributed by atoms with Crippen molar-refractivity contribution in [1.29, 1.82) is 0 Å². The van der Waals surface area contributed by atoms with E-state index in [4.69, 9.17) is 28.6 Å². The zero-order valence-electron chi connectivity index (χ0n) is 19.9. The van der Waals surface area contributed by atoms with Gasteiger partial charge in [-0.2, -0.15) is 0 Å². The van der Waals surface area contributed by atoms with E-state index < -0.39 is 17.4 Å². The molecule has 1 fully saturated rings. The first kappa shape index (κ1) is 25.4. The highest BCUT2D eigenvalue weighted by atomic mass is 35.5. The maximum Gasteiger partial charge on any atom is 0.270 e. The molecule has 0 saturated carbocycles. The third-order valence-corrected chi connectivity index (χ3v) is 6.45. The van der Waals surface area contributed by atoms with Crippen LogP contribution in [0.3, 0.4) is 0 Å². The first-order valence-electron chi connectivity index (χ1n) is 11.7. The van der Waals surface area contributed by atoms with Crippen LogP contribution in [0.1, 0.15) is 16.7 Å². The molecule has 5 rings (SSSR count). The van der Waals surface area contributed by atoms with E-state index >= 15 is 0 Å². The molecule has 2 N–H and O–H groups in total. The number of halogens is 1. The molecule has 0 bridgehead atoms. The van der Waals surface area contributed by atoms with Crippen LogP contribution in [0.4, 0.5) is 5.69 Å². The number of nitrogens with zero attached hydrogens (tertiary/aromatic N) is 1. The fourth-order valence-electron chi connectivity index (χ4n) is 4.07. The number of amides is 2. The molecular formula is C30H21ClN2O4S. The van der Waals surface area contributed by atoms with Gasteiger partial charge in [-0.05, 0) is 71.4 Å². The van der Waals surface area contributed by atoms with Crippen LogP contribution in [0.2, 0.25) is 0 Å². The average molecular weight is 541 g/mol. The van der Waals surface area contributed by atoms with Gasteiger partial charge >= 0.3 is 0 Å². The number of benzene rings is 4. The number of aliphatic hydroxyl groups is 1. The number of carbonyl (C=O) groups excluding carboxylic acids is 2. The summed E-state index contributed by atoms with van der Waals surface area (Å²) in [6.07, 6.45) is 1.52. The van der Waals surface area contributed by atoms with Crippen LogP contribution < -0.4 is 15.0 Å². The standard InChI is InChI=1S/C30H21ClN2O4S/c31-27(34)25-9-5-4-8-24(25)20-12-10-19(11-13-20)18-26-28(35)32-30(38)33(29(26)36)21-14-16-23(17-15-21)37-22-6-2-1-3-7-22/h1-18,27,34H,(H,32,35,38)/b26-18+. The highest BCUT2D eigenvalue weighted by Crippen LogP contribution is 2.31. The number of rotatable bonds is 6. The van der Waals surface area contributed by atoms with Gasteiger partial charge in [0.1, 0.15) is 17.1 Å². The molecule has 0 radical (unpaired) electrons. The van der Waals surface area contributed by atoms with Gasteiger partial charge in [0.25, 0.3) is 11.8 Å². The summed E-state index contributed by atoms with van der Waals surface area (Å²) >= 11 is 11.2. The van der Waals surface area contributed by atoms with Gasteiger partial charge in [-0.15, -0.1) is 0 Å². The molecule has 1 saturated heterocycles. The SMILES string of the molecule is O=C1NC(=S)N(c2ccc(Oc3ccccc3)cc2)C(=O)/C1=C/c1ccc(-c2ccccc2C(O)Cl)cc1. The minimum atomic E-state index is -1.13. The van der Waals surface area contributed by atoms with Crippen LogP contribution >= 0.6 is 23.8 Å². The summed E-state index contributed by atoms with van der Waals surface area (Å²) < 4.78 is 5.81. The van der Waals surface area contributed by atoms with Crippen molar-refractivity contribution in [3.8, 4) is 22.6 Å². The Balaban J connectivity index is 1.38. The molecular weight excluding hydrogens is 520 g/mol. The second-order valence-electron chi connectivity index (χ2n) is 8.41. The van der Waals surface area contributed by atoms with Crippen molar-refractivity contribution in [2.75, 3.05) is 4.90 Å². The monoisotopic (exact) mass is 540 g/mol. The average Bonchev–Trinajstić information content (AvgIpc) is 2.93. The summed E-state index contributed by atoms with van der Waals surface area (Å²) in [6, 6.07) is 30.7. The van der Waals surface area contributed by atoms with Gasteiger partial charge in [0.05, 0.1) is 5.69 Å². The lowest BCUT2D eigenvalue weighted by Gasteiger charge is -2.29. The molecule has 1 atom stereocenters. The number of hydrogen-bond acceptors (Lipinski definition) is 5. The molecule has 1 unspecified atom stereocenters. The summed E-state index contributed by atoms with van der Waals surface area (Å²) in [6.45, 7) is 0. The van der Waals surface area contributed by atoms with Crippen molar-refractivity contribution in [1.82, 2.24) is 5.32 Å². The Morgan fingerprint density at radius 1 is 0.842 bits per heavy atom. The molecule has 2 amide bonds. The normalized spacial score (nSPS) is 15.4. The van der Waals surface area contributed by atoms with Crippen LogP contribution in [0, 0.1) is 0 Å². The van der Waals surface area contributed by atoms with E-state index in [1.54, 1.807) is 48.5 Å². The second-order valence-corrected chi connectivity index (χ2v) is 9.21. The summed E-state index contributed by atoms with van der Waals surface area (Å²) in [5.41, 5.74) is 2.18. The molecule has 0 aliphatic carbocycles. The zero-order chi connectivity index (χ0) is 26.6. The smallest absolute Gasteiger partial charge is 0.270 e. The lowest BCUT2D eigenvalue weighted by Crippen LogP contribution is -2.54. The lowest BCUT2D eigenvalue weighted by atomic mass is 9.98. The Hall–Kier alpha value is -4.30. The third-order valence-electron chi connectivity index (χ3n) is 5.93. The summed E-state index contributed by atoms with van der Waals surface area (Å²) in [5, 5.41) is 12.5. The summed E-state index contributed by atoms with van der Waals surface area (Å²) in [7, 11) is 0. The van der Waals surface area contributed by atoms with Crippen LogP contribution in [-0.4, -0.2) is 22.0 Å². The van der Waals surface area contributed by atoms with E-state index in [-0.39, 0.29) is 10.7 Å². The maximum atomic E-state index is 13.4. The van der Waals surface area contributed by atoms with Crippen molar-refractivity contribution < 1.29 is 19.4 Å². The Bertz CT molecular complexity index is 1540. The van der Waals surface area contributed by atoms with E-state index in [0.717, 1.165) is 11.1 Å². The highest BCUT2D eigenvalue weighted by molar-refractivity contribution is 7.80. The van der Waals surface area contributed by atoms with Gasteiger partial charge < -0.3 is 9.84 Å². The van der Waals surface area contributed by atoms with Crippen molar-refractivity contribution in [3.05, 3.63) is 120 Å². The van der Waals surface area contributed by atoms with E-state index in [2.05, 4.69) is 5.32 Å². The summed E-state index contributed by atoms with van der Waals surface area (Å²) in [5.74, 6) is 0.184. The van der Waals surface area contributed by atoms with Gasteiger partial charge in [0.2, 0.25) is 0 Å². The number of para-hydroxylation sites is 1. The molecule has 1 aliphatic heterocycles. The molecule has 1 aliphatic rings. The van der Waals surface area contributed by atoms with E-state index in [1.165, 1.54) is 11.0 Å². The molecule has 0 aromatic heterocycles. The van der Waals surface area contributed by atoms with E-state index in [9.17, 15) is 14.7 Å². The Morgan fingerprint density at radius 3 is 2.16 bits per heavy atom. The molecule has 8 heteroatoms. The zero-order valence-corrected chi connectivity index (χ0v) is 21.4. The molecule has 1 heterocycles. The molecule has 4 aromatic carbocycles. The number of thiocarbonyl (C=S) groups is 1. The van der Waals surface area contributed by atoms with Crippen LogP contribution in [0.25, 0.3) is 17.2 Å². The van der Waals surface area contributed by atoms with E-state index in [1.807, 2.05) is 54.6 Å². The number of ether oxygens (including phenoxy) is 1. The minimum Gasteiger partial charge on any atom is -0.457 e. The number of nitrogens with one attached hydrogen (secondary N) is 1. The first-order chi connectivity index (χ1) is 18.4. The minimum absolute atomic E-state index is 0.000430. The quantitative estimate of drug-likeness (QED) is 0.132. The Morgan fingerprint density at radius 2 is 1.47 bits per heavy atom. The van der Waals surface area contributed by atoms with Gasteiger partial charge in [0, 0.05) is 5.56 Å². The molecule has 4 aromatic rings. The molecule has 188 valence electrons. The molecule has 38 heavy (non-hydrogen) atoms. The fraction of sp³-hybridized carbons (Fsp3) is 0.0333. The van der Waals surface area contributed by atoms with Crippen molar-refractivity contribution >= 4 is 52.5 Å². The second kappa shape index (κ2) is 11.0. The molecule has 0 spiro atoms. The predicted molar refractivity (Wildman–Crippen MR) is 152 cm³/mol. The van der Waals surface area contributed by atoms with Crippen LogP contribution in [0.15, 0.2) is 109 Å². The lowest BCUT2D eigenvalue weighted by molar-refractivity contribution is -0.122. The van der Waals surface area contributed by atoms with Gasteiger partial charge in [-0.25, -0.2) is 0 Å². The van der Waals surface area contributed by atoms with Crippen LogP contribution in [-0.2, 0) is 9.59 Å².